The average Bonchev–Trinajstić information content (AvgIpc) is 2.04. The van der Waals surface area contributed by atoms with Crippen LogP contribution in [0.25, 0.3) is 0 Å². The molecule has 0 saturated carbocycles. The molecule has 0 saturated heterocycles. The molecule has 0 aliphatic carbocycles. The predicted molar refractivity (Wildman–Crippen MR) is 57.4 cm³/mol. The zero-order valence-corrected chi connectivity index (χ0v) is 9.84. The lowest BCUT2D eigenvalue weighted by Crippen LogP contribution is -2.26. The summed E-state index contributed by atoms with van der Waals surface area (Å²) in [5, 5.41) is 0.401. The highest BCUT2D eigenvalue weighted by Crippen LogP contribution is 2.33. The first-order valence-corrected chi connectivity index (χ1v) is 7.14. The van der Waals surface area contributed by atoms with E-state index in [4.69, 9.17) is 0 Å². The molecular weight excluding hydrogens is 164 g/mol. The Labute approximate surface area is 77.5 Å². The summed E-state index contributed by atoms with van der Waals surface area (Å²) < 4.78 is 0. The number of rotatable bonds is 5. The second-order valence-corrected chi connectivity index (χ2v) is 7.89. The van der Waals surface area contributed by atoms with Crippen LogP contribution in [0.4, 0.5) is 0 Å². The van der Waals surface area contributed by atoms with Gasteiger partial charge >= 0.3 is 0 Å². The molecule has 0 aliphatic rings. The molecule has 0 bridgehead atoms. The highest BCUT2D eigenvalue weighted by atomic mass is 28.3. The quantitative estimate of drug-likeness (QED) is 0.474. The van der Waals surface area contributed by atoms with Crippen molar-refractivity contribution >= 4 is 14.6 Å². The van der Waals surface area contributed by atoms with Crippen LogP contribution in [0.2, 0.25) is 17.6 Å². The van der Waals surface area contributed by atoms with Gasteiger partial charge < -0.3 is 0 Å². The molecule has 0 rings (SSSR count). The molecule has 1 atom stereocenters. The SMILES string of the molecule is C=CC(=O)C[SiH](C)C(C)(C)CC. The van der Waals surface area contributed by atoms with Crippen molar-refractivity contribution in [2.75, 3.05) is 0 Å². The molecule has 0 amide bonds. The van der Waals surface area contributed by atoms with Gasteiger partial charge in [0.05, 0.1) is 0 Å². The Kier molecular flexibility index (Phi) is 4.46. The molecule has 1 unspecified atom stereocenters. The fraction of sp³-hybridized carbons (Fsp3) is 0.700. The Hall–Kier alpha value is -0.373. The molecule has 0 spiro atoms. The minimum atomic E-state index is -0.908. The highest BCUT2D eigenvalue weighted by molar-refractivity contribution is 6.64. The molecule has 70 valence electrons. The van der Waals surface area contributed by atoms with Crippen LogP contribution in [-0.4, -0.2) is 14.6 Å². The molecule has 0 radical (unpaired) electrons. The summed E-state index contributed by atoms with van der Waals surface area (Å²) in [6.45, 7) is 12.5. The summed E-state index contributed by atoms with van der Waals surface area (Å²) in [6.07, 6.45) is 2.63. The van der Waals surface area contributed by atoms with E-state index in [0.717, 1.165) is 6.04 Å². The van der Waals surface area contributed by atoms with E-state index in [0.29, 0.717) is 5.04 Å². The normalized spacial score (nSPS) is 14.0. The molecule has 0 aromatic carbocycles. The van der Waals surface area contributed by atoms with Crippen LogP contribution >= 0.6 is 0 Å². The maximum Gasteiger partial charge on any atom is 0.152 e. The van der Waals surface area contributed by atoms with Gasteiger partial charge in [-0.2, -0.15) is 0 Å². The summed E-state index contributed by atoms with van der Waals surface area (Å²) in [5.41, 5.74) is 0. The third-order valence-electron chi connectivity index (χ3n) is 2.98. The standard InChI is InChI=1S/C10H20OSi/c1-6-9(11)8-12(5)10(3,4)7-2/h6,12H,1,7-8H2,2-5H3. The molecule has 1 nitrogen and oxygen atoms in total. The Bertz CT molecular complexity index is 173. The van der Waals surface area contributed by atoms with E-state index < -0.39 is 8.80 Å². The van der Waals surface area contributed by atoms with E-state index in [9.17, 15) is 4.79 Å². The van der Waals surface area contributed by atoms with Crippen molar-refractivity contribution < 1.29 is 4.79 Å². The van der Waals surface area contributed by atoms with E-state index in [1.54, 1.807) is 0 Å². The Balaban J connectivity index is 4.11. The molecule has 0 N–H and O–H groups in total. The summed E-state index contributed by atoms with van der Waals surface area (Å²) in [6, 6.07) is 0.768. The largest absolute Gasteiger partial charge is 0.295 e. The molecule has 0 aromatic heterocycles. The second-order valence-electron chi connectivity index (χ2n) is 4.12. The lowest BCUT2D eigenvalue weighted by atomic mass is 10.1. The van der Waals surface area contributed by atoms with Crippen LogP contribution in [-0.2, 0) is 4.79 Å². The average molecular weight is 184 g/mol. The Morgan fingerprint density at radius 1 is 1.58 bits per heavy atom. The van der Waals surface area contributed by atoms with Gasteiger partial charge in [0.15, 0.2) is 5.78 Å². The lowest BCUT2D eigenvalue weighted by Gasteiger charge is -2.28. The minimum Gasteiger partial charge on any atom is -0.295 e. The number of hydrogen-bond donors (Lipinski definition) is 0. The van der Waals surface area contributed by atoms with Gasteiger partial charge in [0.25, 0.3) is 0 Å². The highest BCUT2D eigenvalue weighted by Gasteiger charge is 2.25. The van der Waals surface area contributed by atoms with E-state index in [1.807, 2.05) is 0 Å². The Morgan fingerprint density at radius 2 is 2.08 bits per heavy atom. The summed E-state index contributed by atoms with van der Waals surface area (Å²) in [5.74, 6) is 0.218. The van der Waals surface area contributed by atoms with Crippen LogP contribution in [0.15, 0.2) is 12.7 Å². The van der Waals surface area contributed by atoms with Crippen LogP contribution in [0.3, 0.4) is 0 Å². The summed E-state index contributed by atoms with van der Waals surface area (Å²) in [7, 11) is -0.908. The van der Waals surface area contributed by atoms with Gasteiger partial charge in [-0.15, -0.1) is 0 Å². The van der Waals surface area contributed by atoms with Gasteiger partial charge in [0.1, 0.15) is 0 Å². The lowest BCUT2D eigenvalue weighted by molar-refractivity contribution is -0.112. The van der Waals surface area contributed by atoms with Gasteiger partial charge in [-0.25, -0.2) is 0 Å². The van der Waals surface area contributed by atoms with Gasteiger partial charge in [0.2, 0.25) is 0 Å². The van der Waals surface area contributed by atoms with Crippen molar-refractivity contribution in [3.8, 4) is 0 Å². The maximum atomic E-state index is 11.1. The zero-order valence-electron chi connectivity index (χ0n) is 8.68. The number of carbonyl (C=O) groups excluding carboxylic acids is 1. The number of hydrogen-bond acceptors (Lipinski definition) is 1. The third kappa shape index (κ3) is 3.35. The number of ketones is 1. The first kappa shape index (κ1) is 11.6. The van der Waals surface area contributed by atoms with Crippen LogP contribution < -0.4 is 0 Å². The van der Waals surface area contributed by atoms with E-state index in [2.05, 4.69) is 33.9 Å². The van der Waals surface area contributed by atoms with Crippen LogP contribution in [0.1, 0.15) is 27.2 Å². The van der Waals surface area contributed by atoms with E-state index >= 15 is 0 Å². The number of carbonyl (C=O) groups is 1. The predicted octanol–water partition coefficient (Wildman–Crippen LogP) is 2.79. The first-order chi connectivity index (χ1) is 5.44. The van der Waals surface area contributed by atoms with Crippen molar-refractivity contribution in [2.45, 2.75) is 44.8 Å². The molecule has 0 heterocycles. The van der Waals surface area contributed by atoms with Gasteiger partial charge in [-0.3, -0.25) is 4.79 Å². The van der Waals surface area contributed by atoms with Crippen molar-refractivity contribution in [2.24, 2.45) is 0 Å². The number of allylic oxidation sites excluding steroid dienone is 1. The fourth-order valence-electron chi connectivity index (χ4n) is 1.01. The van der Waals surface area contributed by atoms with Crippen LogP contribution in [0.5, 0.6) is 0 Å². The van der Waals surface area contributed by atoms with Crippen molar-refractivity contribution in [1.82, 2.24) is 0 Å². The van der Waals surface area contributed by atoms with Crippen LogP contribution in [0, 0.1) is 0 Å². The second kappa shape index (κ2) is 4.60. The smallest absolute Gasteiger partial charge is 0.152 e. The molecule has 12 heavy (non-hydrogen) atoms. The van der Waals surface area contributed by atoms with Gasteiger partial charge in [0, 0.05) is 14.8 Å². The van der Waals surface area contributed by atoms with E-state index in [1.165, 1.54) is 12.5 Å². The molecular formula is C10H20OSi. The van der Waals surface area contributed by atoms with Crippen molar-refractivity contribution in [1.29, 1.82) is 0 Å². The molecule has 0 fully saturated rings. The zero-order chi connectivity index (χ0) is 9.78. The first-order valence-electron chi connectivity index (χ1n) is 4.59. The van der Waals surface area contributed by atoms with Crippen molar-refractivity contribution in [3.05, 3.63) is 12.7 Å². The molecule has 0 aromatic rings. The Morgan fingerprint density at radius 3 is 2.42 bits per heavy atom. The van der Waals surface area contributed by atoms with Crippen molar-refractivity contribution in [3.63, 3.8) is 0 Å². The third-order valence-corrected chi connectivity index (χ3v) is 7.07. The van der Waals surface area contributed by atoms with Gasteiger partial charge in [-0.05, 0) is 11.1 Å². The topological polar surface area (TPSA) is 17.1 Å². The fourth-order valence-corrected chi connectivity index (χ4v) is 3.03. The molecule has 0 aliphatic heterocycles. The summed E-state index contributed by atoms with van der Waals surface area (Å²) >= 11 is 0. The monoisotopic (exact) mass is 184 g/mol. The van der Waals surface area contributed by atoms with Gasteiger partial charge in [-0.1, -0.05) is 40.3 Å². The molecule has 2 heteroatoms. The summed E-state index contributed by atoms with van der Waals surface area (Å²) in [4.78, 5) is 11.1. The van der Waals surface area contributed by atoms with E-state index in [-0.39, 0.29) is 5.78 Å². The maximum absolute atomic E-state index is 11.1. The minimum absolute atomic E-state index is 0.218.